The maximum Gasteiger partial charge on any atom is 0.343 e. The minimum absolute atomic E-state index is 0.189. The number of carbonyl (C=O) groups is 1. The number of anilines is 1. The van der Waals surface area contributed by atoms with Crippen molar-refractivity contribution in [3.63, 3.8) is 0 Å². The van der Waals surface area contributed by atoms with E-state index in [1.165, 1.54) is 16.9 Å². The Bertz CT molecular complexity index is 791. The van der Waals surface area contributed by atoms with Crippen LogP contribution in [0.2, 0.25) is 0 Å². The Hall–Kier alpha value is -2.94. The van der Waals surface area contributed by atoms with Crippen molar-refractivity contribution in [2.24, 2.45) is 0 Å². The lowest BCUT2D eigenvalue weighted by molar-refractivity contribution is 0.0527. The van der Waals surface area contributed by atoms with Crippen molar-refractivity contribution in [3.8, 4) is 5.88 Å². The highest BCUT2D eigenvalue weighted by Gasteiger charge is 2.16. The first-order valence-corrected chi connectivity index (χ1v) is 8.07. The van der Waals surface area contributed by atoms with Gasteiger partial charge in [-0.15, -0.1) is 0 Å². The fourth-order valence-electron chi connectivity index (χ4n) is 2.36. The van der Waals surface area contributed by atoms with Gasteiger partial charge in [0.1, 0.15) is 17.2 Å². The maximum atomic E-state index is 13.2. The Balaban J connectivity index is 2.01. The molecule has 0 saturated carbocycles. The zero-order chi connectivity index (χ0) is 19.1. The summed E-state index contributed by atoms with van der Waals surface area (Å²) in [6, 6.07) is 1.25. The van der Waals surface area contributed by atoms with Gasteiger partial charge >= 0.3 is 5.97 Å². The van der Waals surface area contributed by atoms with Gasteiger partial charge in [0.25, 0.3) is 0 Å². The average Bonchev–Trinajstić information content (AvgIpc) is 3.01. The lowest BCUT2D eigenvalue weighted by atomic mass is 10.2. The maximum absolute atomic E-state index is 13.2. The number of ether oxygens (including phenoxy) is 1. The number of aromatic nitrogens is 3. The molecule has 0 aliphatic heterocycles. The number of hydrogen-bond acceptors (Lipinski definition) is 7. The summed E-state index contributed by atoms with van der Waals surface area (Å²) in [6.45, 7) is 2.86. The molecule has 2 aromatic heterocycles. The normalized spacial score (nSPS) is 11.3. The Morgan fingerprint density at radius 3 is 2.96 bits per heavy atom. The molecule has 0 aliphatic carbocycles. The summed E-state index contributed by atoms with van der Waals surface area (Å²) in [5, 5.41) is 16.7. The van der Waals surface area contributed by atoms with E-state index in [1.807, 2.05) is 18.0 Å². The van der Waals surface area contributed by atoms with Gasteiger partial charge in [-0.25, -0.2) is 18.9 Å². The standard InChI is InChI=1S/C17H22FN5O3/c1-4-26-17(25)14-10-21-23(15(14)19-2)7-5-6-22(3)11-12-8-13(18)9-20-16(12)24/h5,7-10,19H,4,6,11H2,1-3H3,(H,20,24)/b7-5-. The number of nitrogens with one attached hydrogen (secondary N) is 1. The van der Waals surface area contributed by atoms with E-state index in [9.17, 15) is 14.3 Å². The molecule has 2 aromatic rings. The van der Waals surface area contributed by atoms with Gasteiger partial charge in [0.2, 0.25) is 5.88 Å². The number of hydrogen-bond donors (Lipinski definition) is 2. The van der Waals surface area contributed by atoms with Crippen molar-refractivity contribution in [3.05, 3.63) is 41.5 Å². The third-order valence-corrected chi connectivity index (χ3v) is 3.54. The Morgan fingerprint density at radius 2 is 2.27 bits per heavy atom. The van der Waals surface area contributed by atoms with Crippen molar-refractivity contribution in [2.75, 3.05) is 32.6 Å². The van der Waals surface area contributed by atoms with E-state index in [2.05, 4.69) is 15.4 Å². The Kier molecular flexibility index (Phi) is 6.67. The summed E-state index contributed by atoms with van der Waals surface area (Å²) in [7, 11) is 3.51. The summed E-state index contributed by atoms with van der Waals surface area (Å²) < 4.78 is 19.7. The van der Waals surface area contributed by atoms with Gasteiger partial charge in [-0.1, -0.05) is 6.08 Å². The number of nitrogens with zero attached hydrogens (tertiary/aromatic N) is 4. The SMILES string of the molecule is CCOC(=O)c1cnn(/C=C\CN(C)Cc2cc(F)cnc2O)c1NC. The van der Waals surface area contributed by atoms with Gasteiger partial charge in [0.15, 0.2) is 0 Å². The fraction of sp³-hybridized carbons (Fsp3) is 0.353. The van der Waals surface area contributed by atoms with Crippen molar-refractivity contribution in [2.45, 2.75) is 13.5 Å². The van der Waals surface area contributed by atoms with Crippen LogP contribution in [-0.2, 0) is 11.3 Å². The largest absolute Gasteiger partial charge is 0.493 e. The van der Waals surface area contributed by atoms with Crippen molar-refractivity contribution >= 4 is 18.0 Å². The van der Waals surface area contributed by atoms with Gasteiger partial charge in [-0.2, -0.15) is 5.10 Å². The number of aromatic hydroxyl groups is 1. The molecule has 0 radical (unpaired) electrons. The zero-order valence-corrected chi connectivity index (χ0v) is 14.9. The smallest absolute Gasteiger partial charge is 0.343 e. The molecule has 0 amide bonds. The number of esters is 1. The summed E-state index contributed by atoms with van der Waals surface area (Å²) in [5.41, 5.74) is 0.753. The van der Waals surface area contributed by atoms with E-state index < -0.39 is 11.8 Å². The molecule has 9 heteroatoms. The van der Waals surface area contributed by atoms with Crippen molar-refractivity contribution in [1.82, 2.24) is 19.7 Å². The molecule has 140 valence electrons. The minimum atomic E-state index is -0.497. The van der Waals surface area contributed by atoms with Crippen LogP contribution in [-0.4, -0.2) is 58.0 Å². The minimum Gasteiger partial charge on any atom is -0.493 e. The van der Waals surface area contributed by atoms with Crippen LogP contribution in [0, 0.1) is 5.82 Å². The summed E-state index contributed by atoms with van der Waals surface area (Å²) in [4.78, 5) is 17.3. The molecule has 0 unspecified atom stereocenters. The van der Waals surface area contributed by atoms with Crippen LogP contribution in [0.5, 0.6) is 5.88 Å². The van der Waals surface area contributed by atoms with Gasteiger partial charge in [-0.05, 0) is 20.0 Å². The van der Waals surface area contributed by atoms with Crippen LogP contribution in [0.1, 0.15) is 22.8 Å². The number of carbonyl (C=O) groups excluding carboxylic acids is 1. The van der Waals surface area contributed by atoms with Crippen LogP contribution in [0.15, 0.2) is 24.5 Å². The Morgan fingerprint density at radius 1 is 1.50 bits per heavy atom. The lowest BCUT2D eigenvalue weighted by Crippen LogP contribution is -2.18. The van der Waals surface area contributed by atoms with E-state index in [4.69, 9.17) is 4.74 Å². The van der Waals surface area contributed by atoms with Crippen molar-refractivity contribution in [1.29, 1.82) is 0 Å². The first-order chi connectivity index (χ1) is 12.5. The van der Waals surface area contributed by atoms with E-state index >= 15 is 0 Å². The van der Waals surface area contributed by atoms with Crippen LogP contribution < -0.4 is 5.32 Å². The topological polar surface area (TPSA) is 92.5 Å². The first-order valence-electron chi connectivity index (χ1n) is 8.07. The molecule has 0 spiro atoms. The fourth-order valence-corrected chi connectivity index (χ4v) is 2.36. The molecule has 2 rings (SSSR count). The van der Waals surface area contributed by atoms with Crippen LogP contribution in [0.4, 0.5) is 10.2 Å². The Labute approximate surface area is 150 Å². The molecule has 0 fully saturated rings. The molecule has 2 N–H and O–H groups in total. The van der Waals surface area contributed by atoms with Crippen LogP contribution in [0.3, 0.4) is 0 Å². The molecule has 0 aromatic carbocycles. The number of halogens is 1. The second-order valence-electron chi connectivity index (χ2n) is 5.54. The molecule has 0 atom stereocenters. The van der Waals surface area contributed by atoms with E-state index in [1.54, 1.807) is 20.2 Å². The molecule has 8 nitrogen and oxygen atoms in total. The molecular formula is C17H22FN5O3. The highest BCUT2D eigenvalue weighted by atomic mass is 19.1. The third kappa shape index (κ3) is 4.79. The molecular weight excluding hydrogens is 341 g/mol. The zero-order valence-electron chi connectivity index (χ0n) is 14.9. The molecule has 0 bridgehead atoms. The molecule has 26 heavy (non-hydrogen) atoms. The summed E-state index contributed by atoms with van der Waals surface area (Å²) in [5.74, 6) is -0.605. The van der Waals surface area contributed by atoms with Crippen molar-refractivity contribution < 1.29 is 19.0 Å². The van der Waals surface area contributed by atoms with E-state index in [-0.39, 0.29) is 12.5 Å². The monoisotopic (exact) mass is 363 g/mol. The summed E-state index contributed by atoms with van der Waals surface area (Å²) >= 11 is 0. The second-order valence-corrected chi connectivity index (χ2v) is 5.54. The number of likely N-dealkylation sites (N-methyl/N-ethyl adjacent to an activating group) is 1. The highest BCUT2D eigenvalue weighted by Crippen LogP contribution is 2.17. The highest BCUT2D eigenvalue weighted by molar-refractivity contribution is 5.94. The van der Waals surface area contributed by atoms with Gasteiger partial charge in [0.05, 0.1) is 19.0 Å². The third-order valence-electron chi connectivity index (χ3n) is 3.54. The van der Waals surface area contributed by atoms with E-state index in [0.29, 0.717) is 30.0 Å². The van der Waals surface area contributed by atoms with Gasteiger partial charge < -0.3 is 15.2 Å². The average molecular weight is 363 g/mol. The number of pyridine rings is 1. The quantitative estimate of drug-likeness (QED) is 0.693. The predicted molar refractivity (Wildman–Crippen MR) is 95.3 cm³/mol. The summed E-state index contributed by atoms with van der Waals surface area (Å²) in [6.07, 6.45) is 5.94. The van der Waals surface area contributed by atoms with Crippen LogP contribution in [0.25, 0.3) is 6.20 Å². The second kappa shape index (κ2) is 8.95. The molecule has 0 aliphatic rings. The molecule has 0 saturated heterocycles. The lowest BCUT2D eigenvalue weighted by Gasteiger charge is -2.14. The number of rotatable bonds is 8. The van der Waals surface area contributed by atoms with Gasteiger partial charge in [0, 0.05) is 31.9 Å². The predicted octanol–water partition coefficient (Wildman–Crippen LogP) is 1.94. The van der Waals surface area contributed by atoms with E-state index in [0.717, 1.165) is 6.20 Å². The van der Waals surface area contributed by atoms with Crippen LogP contribution >= 0.6 is 0 Å². The molecule has 2 heterocycles. The van der Waals surface area contributed by atoms with Gasteiger partial charge in [-0.3, -0.25) is 4.90 Å². The first kappa shape index (κ1) is 19.4.